The third-order valence-corrected chi connectivity index (χ3v) is 2.95. The van der Waals surface area contributed by atoms with E-state index in [1.807, 2.05) is 6.92 Å². The first-order valence-corrected chi connectivity index (χ1v) is 6.43. The summed E-state index contributed by atoms with van der Waals surface area (Å²) >= 11 is 5.73. The summed E-state index contributed by atoms with van der Waals surface area (Å²) in [5.41, 5.74) is 0.208. The third-order valence-electron chi connectivity index (χ3n) is 2.75. The molecule has 1 unspecified atom stereocenters. The molecule has 2 nitrogen and oxygen atoms in total. The van der Waals surface area contributed by atoms with Crippen LogP contribution < -0.4 is 5.32 Å². The Morgan fingerprint density at radius 1 is 1.26 bits per heavy atom. The van der Waals surface area contributed by atoms with Crippen LogP contribution in [-0.2, 0) is 0 Å². The van der Waals surface area contributed by atoms with E-state index in [4.69, 9.17) is 16.0 Å². The van der Waals surface area contributed by atoms with Gasteiger partial charge in [-0.05, 0) is 54.9 Å². The first-order chi connectivity index (χ1) is 9.11. The molecule has 19 heavy (non-hydrogen) atoms. The zero-order valence-corrected chi connectivity index (χ0v) is 11.2. The zero-order valence-electron chi connectivity index (χ0n) is 10.4. The molecule has 0 radical (unpaired) electrons. The fourth-order valence-electron chi connectivity index (χ4n) is 1.87. The van der Waals surface area contributed by atoms with Crippen molar-refractivity contribution in [3.63, 3.8) is 0 Å². The molecule has 0 amide bonds. The van der Waals surface area contributed by atoms with Crippen LogP contribution in [0.1, 0.15) is 30.7 Å². The van der Waals surface area contributed by atoms with Gasteiger partial charge in [0.2, 0.25) is 0 Å². The zero-order chi connectivity index (χ0) is 13.8. The fraction of sp³-hybridized carbons (Fsp3) is 0.286. The van der Waals surface area contributed by atoms with E-state index in [0.717, 1.165) is 18.6 Å². The van der Waals surface area contributed by atoms with Crippen LogP contribution in [0.4, 0.5) is 8.78 Å². The van der Waals surface area contributed by atoms with E-state index >= 15 is 0 Å². The van der Waals surface area contributed by atoms with Crippen LogP contribution in [0.15, 0.2) is 34.7 Å². The number of rotatable bonds is 5. The van der Waals surface area contributed by atoms with Gasteiger partial charge in [-0.3, -0.25) is 0 Å². The monoisotopic (exact) mass is 285 g/mol. The molecule has 0 aliphatic rings. The summed E-state index contributed by atoms with van der Waals surface area (Å²) in [6.45, 7) is 2.64. The molecular weight excluding hydrogens is 272 g/mol. The van der Waals surface area contributed by atoms with E-state index in [-0.39, 0.29) is 10.8 Å². The molecule has 1 N–H and O–H groups in total. The lowest BCUT2D eigenvalue weighted by Gasteiger charge is -2.17. The van der Waals surface area contributed by atoms with Crippen molar-refractivity contribution in [2.24, 2.45) is 0 Å². The summed E-state index contributed by atoms with van der Waals surface area (Å²) in [7, 11) is 0. The van der Waals surface area contributed by atoms with Gasteiger partial charge in [-0.2, -0.15) is 0 Å². The van der Waals surface area contributed by atoms with Crippen molar-refractivity contribution < 1.29 is 13.2 Å². The highest BCUT2D eigenvalue weighted by Gasteiger charge is 2.21. The summed E-state index contributed by atoms with van der Waals surface area (Å²) in [5, 5.41) is 3.34. The van der Waals surface area contributed by atoms with Crippen molar-refractivity contribution in [3.05, 3.63) is 58.5 Å². The number of benzene rings is 1. The first-order valence-electron chi connectivity index (χ1n) is 6.05. The molecule has 0 aliphatic carbocycles. The van der Waals surface area contributed by atoms with E-state index in [1.165, 1.54) is 6.07 Å². The predicted octanol–water partition coefficient (Wildman–Crippen LogP) is 4.30. The second-order valence-electron chi connectivity index (χ2n) is 4.19. The van der Waals surface area contributed by atoms with Crippen LogP contribution in [0.25, 0.3) is 0 Å². The average molecular weight is 286 g/mol. The Labute approximate surface area is 115 Å². The van der Waals surface area contributed by atoms with Crippen molar-refractivity contribution in [1.29, 1.82) is 0 Å². The number of halogens is 3. The molecule has 0 fully saturated rings. The molecule has 102 valence electrons. The van der Waals surface area contributed by atoms with Gasteiger partial charge in [-0.15, -0.1) is 0 Å². The Balaban J connectivity index is 2.39. The predicted molar refractivity (Wildman–Crippen MR) is 70.2 cm³/mol. The molecule has 0 aliphatic heterocycles. The van der Waals surface area contributed by atoms with Gasteiger partial charge in [-0.1, -0.05) is 6.92 Å². The Kier molecular flexibility index (Phi) is 4.56. The SMILES string of the molecule is CCCNC(c1ccc(Cl)o1)c1cc(F)ccc1F. The minimum Gasteiger partial charge on any atom is -0.448 e. The van der Waals surface area contributed by atoms with Crippen LogP contribution in [0.3, 0.4) is 0 Å². The van der Waals surface area contributed by atoms with E-state index in [2.05, 4.69) is 5.32 Å². The second kappa shape index (κ2) is 6.17. The lowest BCUT2D eigenvalue weighted by atomic mass is 10.0. The third kappa shape index (κ3) is 3.33. The summed E-state index contributed by atoms with van der Waals surface area (Å²) in [6, 6.07) is 6.04. The minimum absolute atomic E-state index is 0.208. The van der Waals surface area contributed by atoms with Crippen LogP contribution in [-0.4, -0.2) is 6.54 Å². The number of furan rings is 1. The minimum atomic E-state index is -0.553. The van der Waals surface area contributed by atoms with Gasteiger partial charge in [0.15, 0.2) is 5.22 Å². The second-order valence-corrected chi connectivity index (χ2v) is 4.57. The molecule has 1 atom stereocenters. The summed E-state index contributed by atoms with van der Waals surface area (Å²) in [6.07, 6.45) is 0.863. The normalized spacial score (nSPS) is 12.6. The highest BCUT2D eigenvalue weighted by molar-refractivity contribution is 6.28. The Morgan fingerprint density at radius 2 is 2.05 bits per heavy atom. The van der Waals surface area contributed by atoms with E-state index in [0.29, 0.717) is 12.3 Å². The van der Waals surface area contributed by atoms with Crippen molar-refractivity contribution in [2.45, 2.75) is 19.4 Å². The quantitative estimate of drug-likeness (QED) is 0.886. The highest BCUT2D eigenvalue weighted by atomic mass is 35.5. The molecule has 0 bridgehead atoms. The molecule has 1 aromatic heterocycles. The lowest BCUT2D eigenvalue weighted by molar-refractivity contribution is 0.435. The van der Waals surface area contributed by atoms with Crippen molar-refractivity contribution >= 4 is 11.6 Å². The lowest BCUT2D eigenvalue weighted by Crippen LogP contribution is -2.23. The van der Waals surface area contributed by atoms with E-state index in [1.54, 1.807) is 12.1 Å². The Bertz CT molecular complexity index is 556. The van der Waals surface area contributed by atoms with Crippen molar-refractivity contribution in [3.8, 4) is 0 Å². The van der Waals surface area contributed by atoms with Crippen LogP contribution in [0, 0.1) is 11.6 Å². The average Bonchev–Trinajstić information content (AvgIpc) is 2.80. The van der Waals surface area contributed by atoms with Gasteiger partial charge in [-0.25, -0.2) is 8.78 Å². The van der Waals surface area contributed by atoms with Gasteiger partial charge < -0.3 is 9.73 Å². The summed E-state index contributed by atoms with van der Waals surface area (Å²) < 4.78 is 32.5. The molecular formula is C14H14ClF2NO. The van der Waals surface area contributed by atoms with Gasteiger partial charge in [0.1, 0.15) is 17.4 Å². The van der Waals surface area contributed by atoms with Crippen molar-refractivity contribution in [2.75, 3.05) is 6.54 Å². The molecule has 5 heteroatoms. The van der Waals surface area contributed by atoms with E-state index < -0.39 is 17.7 Å². The Morgan fingerprint density at radius 3 is 2.68 bits per heavy atom. The maximum atomic E-state index is 13.9. The highest BCUT2D eigenvalue weighted by Crippen LogP contribution is 2.28. The maximum absolute atomic E-state index is 13.9. The topological polar surface area (TPSA) is 25.2 Å². The van der Waals surface area contributed by atoms with Crippen LogP contribution in [0.2, 0.25) is 5.22 Å². The molecule has 0 spiro atoms. The maximum Gasteiger partial charge on any atom is 0.193 e. The number of hydrogen-bond donors (Lipinski definition) is 1. The number of hydrogen-bond acceptors (Lipinski definition) is 2. The fourth-order valence-corrected chi connectivity index (χ4v) is 2.02. The van der Waals surface area contributed by atoms with Gasteiger partial charge in [0, 0.05) is 5.56 Å². The standard InChI is InChI=1S/C14H14ClF2NO/c1-2-7-18-14(12-5-6-13(15)19-12)10-8-9(16)3-4-11(10)17/h3-6,8,14,18H,2,7H2,1H3. The van der Waals surface area contributed by atoms with E-state index in [9.17, 15) is 8.78 Å². The molecule has 0 saturated carbocycles. The first kappa shape index (κ1) is 14.0. The van der Waals surface area contributed by atoms with Crippen LogP contribution >= 0.6 is 11.6 Å². The molecule has 0 saturated heterocycles. The summed E-state index contributed by atoms with van der Waals surface area (Å²) in [5.74, 6) is -0.511. The molecule has 2 aromatic rings. The van der Waals surface area contributed by atoms with Gasteiger partial charge in [0.25, 0.3) is 0 Å². The molecule has 1 heterocycles. The van der Waals surface area contributed by atoms with Crippen molar-refractivity contribution in [1.82, 2.24) is 5.32 Å². The largest absolute Gasteiger partial charge is 0.448 e. The number of nitrogens with one attached hydrogen (secondary N) is 1. The van der Waals surface area contributed by atoms with Gasteiger partial charge >= 0.3 is 0 Å². The molecule has 2 rings (SSSR count). The Hall–Kier alpha value is -1.39. The van der Waals surface area contributed by atoms with Gasteiger partial charge in [0.05, 0.1) is 6.04 Å². The van der Waals surface area contributed by atoms with Crippen LogP contribution in [0.5, 0.6) is 0 Å². The summed E-state index contributed by atoms with van der Waals surface area (Å²) in [4.78, 5) is 0. The smallest absolute Gasteiger partial charge is 0.193 e. The molecule has 1 aromatic carbocycles.